The Kier molecular flexibility index (Phi) is 2.45. The largest absolute Gasteiger partial charge is 0.416 e. The molecule has 17 heavy (non-hydrogen) atoms. The van der Waals surface area contributed by atoms with Crippen molar-refractivity contribution in [2.24, 2.45) is 0 Å². The van der Waals surface area contributed by atoms with Crippen LogP contribution in [0.5, 0.6) is 0 Å². The quantitative estimate of drug-likeness (QED) is 0.805. The Hall–Kier alpha value is -1.52. The van der Waals surface area contributed by atoms with Crippen molar-refractivity contribution < 1.29 is 18.0 Å². The summed E-state index contributed by atoms with van der Waals surface area (Å²) in [4.78, 5) is 11.8. The zero-order chi connectivity index (χ0) is 12.8. The Bertz CT molecular complexity index is 481. The molecule has 1 aromatic rings. The molecular formula is C12H12F3NO. The molecule has 92 valence electrons. The fraction of sp³-hybridized carbons (Fsp3) is 0.417. The first-order valence-electron chi connectivity index (χ1n) is 5.32. The maximum atomic E-state index is 12.6. The summed E-state index contributed by atoms with van der Waals surface area (Å²) in [7, 11) is 0. The second-order valence-corrected chi connectivity index (χ2v) is 4.40. The van der Waals surface area contributed by atoms with Crippen molar-refractivity contribution in [1.82, 2.24) is 0 Å². The molecule has 1 unspecified atom stereocenters. The fourth-order valence-corrected chi connectivity index (χ4v) is 2.02. The zero-order valence-corrected chi connectivity index (χ0v) is 9.48. The van der Waals surface area contributed by atoms with Crippen LogP contribution < -0.4 is 5.32 Å². The van der Waals surface area contributed by atoms with E-state index >= 15 is 0 Å². The molecule has 1 atom stereocenters. The summed E-state index contributed by atoms with van der Waals surface area (Å²) in [5.74, 6) is -0.241. The number of nitrogens with one attached hydrogen (secondary N) is 1. The molecule has 1 aliphatic rings. The first-order valence-corrected chi connectivity index (χ1v) is 5.32. The van der Waals surface area contributed by atoms with Crippen LogP contribution in [0.4, 0.5) is 18.9 Å². The maximum absolute atomic E-state index is 12.6. The first-order chi connectivity index (χ1) is 7.79. The van der Waals surface area contributed by atoms with Gasteiger partial charge in [0, 0.05) is 5.69 Å². The predicted octanol–water partition coefficient (Wildman–Crippen LogP) is 3.33. The minimum atomic E-state index is -4.38. The maximum Gasteiger partial charge on any atom is 0.416 e. The van der Waals surface area contributed by atoms with E-state index in [0.717, 1.165) is 12.1 Å². The van der Waals surface area contributed by atoms with Gasteiger partial charge in [0.25, 0.3) is 0 Å². The van der Waals surface area contributed by atoms with Crippen LogP contribution in [0.3, 0.4) is 0 Å². The van der Waals surface area contributed by atoms with E-state index in [1.54, 1.807) is 13.8 Å². The Morgan fingerprint density at radius 2 is 2.00 bits per heavy atom. The fourth-order valence-electron chi connectivity index (χ4n) is 2.02. The second kappa shape index (κ2) is 3.48. The molecule has 1 aromatic carbocycles. The van der Waals surface area contributed by atoms with E-state index in [0.29, 0.717) is 17.7 Å². The normalized spacial score (nSPS) is 23.5. The van der Waals surface area contributed by atoms with Crippen LogP contribution in [0.15, 0.2) is 18.2 Å². The van der Waals surface area contributed by atoms with Gasteiger partial charge >= 0.3 is 6.18 Å². The molecule has 1 amide bonds. The van der Waals surface area contributed by atoms with Crippen LogP contribution in [0, 0.1) is 0 Å². The molecule has 0 fully saturated rings. The average Bonchev–Trinajstić information content (AvgIpc) is 2.50. The lowest BCUT2D eigenvalue weighted by molar-refractivity contribution is -0.137. The number of rotatable bonds is 1. The minimum Gasteiger partial charge on any atom is -0.325 e. The van der Waals surface area contributed by atoms with Gasteiger partial charge in [0.05, 0.1) is 11.0 Å². The van der Waals surface area contributed by atoms with Crippen LogP contribution in [-0.4, -0.2) is 5.91 Å². The molecule has 0 radical (unpaired) electrons. The highest BCUT2D eigenvalue weighted by Crippen LogP contribution is 2.42. The van der Waals surface area contributed by atoms with E-state index < -0.39 is 17.2 Å². The lowest BCUT2D eigenvalue weighted by Gasteiger charge is -2.20. The van der Waals surface area contributed by atoms with Gasteiger partial charge in [-0.25, -0.2) is 0 Å². The van der Waals surface area contributed by atoms with Crippen molar-refractivity contribution in [3.05, 3.63) is 29.3 Å². The highest BCUT2D eigenvalue weighted by atomic mass is 19.4. The molecule has 1 N–H and O–H groups in total. The number of hydrogen-bond donors (Lipinski definition) is 1. The van der Waals surface area contributed by atoms with Gasteiger partial charge < -0.3 is 5.32 Å². The Balaban J connectivity index is 2.57. The van der Waals surface area contributed by atoms with E-state index in [9.17, 15) is 18.0 Å². The van der Waals surface area contributed by atoms with Crippen LogP contribution in [0.1, 0.15) is 31.4 Å². The summed E-state index contributed by atoms with van der Waals surface area (Å²) >= 11 is 0. The van der Waals surface area contributed by atoms with Crippen molar-refractivity contribution in [2.75, 3.05) is 5.32 Å². The highest BCUT2D eigenvalue weighted by Gasteiger charge is 2.43. The Labute approximate surface area is 96.8 Å². The number of amides is 1. The number of benzene rings is 1. The van der Waals surface area contributed by atoms with E-state index in [1.807, 2.05) is 0 Å². The van der Waals surface area contributed by atoms with Gasteiger partial charge in [-0.15, -0.1) is 0 Å². The first kappa shape index (κ1) is 12.0. The molecule has 0 saturated heterocycles. The third kappa shape index (κ3) is 1.69. The van der Waals surface area contributed by atoms with Gasteiger partial charge in [-0.3, -0.25) is 4.79 Å². The Morgan fingerprint density at radius 1 is 1.35 bits per heavy atom. The summed E-state index contributed by atoms with van der Waals surface area (Å²) in [6, 6.07) is 3.37. The van der Waals surface area contributed by atoms with Crippen LogP contribution in [0.25, 0.3) is 0 Å². The molecule has 1 heterocycles. The summed E-state index contributed by atoms with van der Waals surface area (Å²) in [5, 5.41) is 2.61. The number of carbonyl (C=O) groups is 1. The molecule has 2 rings (SSSR count). The molecule has 0 aliphatic carbocycles. The SMILES string of the molecule is CCC1(C)C(=O)Nc2ccc(C(F)(F)F)cc21. The van der Waals surface area contributed by atoms with E-state index in [4.69, 9.17) is 0 Å². The van der Waals surface area contributed by atoms with Crippen LogP contribution in [-0.2, 0) is 16.4 Å². The lowest BCUT2D eigenvalue weighted by Crippen LogP contribution is -2.30. The summed E-state index contributed by atoms with van der Waals surface area (Å²) in [5.41, 5.74) is -0.670. The van der Waals surface area contributed by atoms with Gasteiger partial charge in [0.1, 0.15) is 0 Å². The van der Waals surface area contributed by atoms with Crippen LogP contribution in [0.2, 0.25) is 0 Å². The average molecular weight is 243 g/mol. The second-order valence-electron chi connectivity index (χ2n) is 4.40. The molecule has 5 heteroatoms. The van der Waals surface area contributed by atoms with Gasteiger partial charge in [-0.2, -0.15) is 13.2 Å². The third-order valence-electron chi connectivity index (χ3n) is 3.40. The van der Waals surface area contributed by atoms with Crippen molar-refractivity contribution in [3.63, 3.8) is 0 Å². The number of fused-ring (bicyclic) bond motifs is 1. The Morgan fingerprint density at radius 3 is 2.53 bits per heavy atom. The molecular weight excluding hydrogens is 231 g/mol. The summed E-state index contributed by atoms with van der Waals surface area (Å²) in [6.45, 7) is 3.45. The van der Waals surface area contributed by atoms with Gasteiger partial charge in [-0.1, -0.05) is 6.92 Å². The number of anilines is 1. The van der Waals surface area contributed by atoms with Crippen molar-refractivity contribution in [2.45, 2.75) is 31.9 Å². The molecule has 1 aliphatic heterocycles. The minimum absolute atomic E-state index is 0.241. The molecule has 0 saturated carbocycles. The molecule has 0 spiro atoms. The zero-order valence-electron chi connectivity index (χ0n) is 9.48. The van der Waals surface area contributed by atoms with Crippen molar-refractivity contribution in [1.29, 1.82) is 0 Å². The van der Waals surface area contributed by atoms with E-state index in [1.165, 1.54) is 6.07 Å². The standard InChI is InChI=1S/C12H12F3NO/c1-3-11(2)8-6-7(12(13,14)15)4-5-9(8)16-10(11)17/h4-6H,3H2,1-2H3,(H,16,17). The monoisotopic (exact) mass is 243 g/mol. The van der Waals surface area contributed by atoms with Crippen molar-refractivity contribution >= 4 is 11.6 Å². The highest BCUT2D eigenvalue weighted by molar-refractivity contribution is 6.05. The topological polar surface area (TPSA) is 29.1 Å². The smallest absolute Gasteiger partial charge is 0.325 e. The third-order valence-corrected chi connectivity index (χ3v) is 3.40. The van der Waals surface area contributed by atoms with E-state index in [2.05, 4.69) is 5.32 Å². The summed E-state index contributed by atoms with van der Waals surface area (Å²) in [6.07, 6.45) is -3.91. The molecule has 0 aromatic heterocycles. The number of alkyl halides is 3. The molecule has 0 bridgehead atoms. The number of carbonyl (C=O) groups excluding carboxylic acids is 1. The lowest BCUT2D eigenvalue weighted by atomic mass is 9.81. The van der Waals surface area contributed by atoms with Gasteiger partial charge in [-0.05, 0) is 37.1 Å². The molecule has 2 nitrogen and oxygen atoms in total. The summed E-state index contributed by atoms with van der Waals surface area (Å²) < 4.78 is 37.8. The predicted molar refractivity (Wildman–Crippen MR) is 57.7 cm³/mol. The van der Waals surface area contributed by atoms with Gasteiger partial charge in [0.2, 0.25) is 5.91 Å². The van der Waals surface area contributed by atoms with Crippen LogP contribution >= 0.6 is 0 Å². The number of hydrogen-bond acceptors (Lipinski definition) is 1. The van der Waals surface area contributed by atoms with Crippen molar-refractivity contribution in [3.8, 4) is 0 Å². The van der Waals surface area contributed by atoms with E-state index in [-0.39, 0.29) is 5.91 Å². The van der Waals surface area contributed by atoms with Gasteiger partial charge in [0.15, 0.2) is 0 Å². The number of halogens is 3.